The lowest BCUT2D eigenvalue weighted by molar-refractivity contribution is -0.150. The Hall–Kier alpha value is -4.82. The van der Waals surface area contributed by atoms with Gasteiger partial charge in [-0.15, -0.1) is 11.3 Å². The summed E-state index contributed by atoms with van der Waals surface area (Å²) in [6.45, 7) is 20.0. The maximum atomic E-state index is 14.8. The molecule has 2 amide bonds. The Balaban J connectivity index is 1.34. The SMILES string of the molecule is CCCN(C(=O)[C@@H](CC(=O)[C@H]1CCCCN1C)[C@@H](C)CC)[C@H](C[C@@H](OC(C)=O)c1nc(C(=O)N[C@@H](Cc2ccccc2)C(=O)CCCO[Si](c2ccccc2)(c2ccccc2)C(C)(C)C)cs1)C(C)C. The number of piperidine rings is 1. The van der Waals surface area contributed by atoms with Gasteiger partial charge in [-0.3, -0.25) is 28.9 Å². The number of esters is 1. The molecule has 5 rings (SSSR count). The molecule has 11 nitrogen and oxygen atoms in total. The smallest absolute Gasteiger partial charge is 0.303 e. The zero-order valence-electron chi connectivity index (χ0n) is 43.6. The van der Waals surface area contributed by atoms with Crippen LogP contribution in [0.4, 0.5) is 0 Å². The van der Waals surface area contributed by atoms with Gasteiger partial charge in [-0.1, -0.05) is 159 Å². The van der Waals surface area contributed by atoms with Crippen molar-refractivity contribution in [1.82, 2.24) is 20.1 Å². The standard InChI is InChI=1S/C57H80N4O7SSi/c1-11-33-61(56(66)46(41(5)12-2)37-52(64)49-31-22-23-34-60(49)10)50(40(3)4)38-53(68-42(6)62)55-59-48(39-69-55)54(65)58-47(36-43-25-16-13-17-26-43)51(63)32-24-35-67-70(57(7,8)9,44-27-18-14-19-28-44)45-29-20-15-21-30-45/h13-21,25-30,39-41,46-47,49-50,53H,11-12,22-24,31-38H2,1-10H3,(H,58,65)/t41-,46-,47-,49+,50+,53+/m0/s1. The van der Waals surface area contributed by atoms with Crippen molar-refractivity contribution in [3.8, 4) is 0 Å². The number of benzene rings is 3. The second-order valence-corrected chi connectivity index (χ2v) is 25.9. The van der Waals surface area contributed by atoms with Crippen LogP contribution in [0.15, 0.2) is 96.4 Å². The second-order valence-electron chi connectivity index (χ2n) is 20.7. The molecule has 0 bridgehead atoms. The van der Waals surface area contributed by atoms with E-state index < -0.39 is 38.3 Å². The number of aromatic nitrogens is 1. The largest absolute Gasteiger partial charge is 0.455 e. The predicted molar refractivity (Wildman–Crippen MR) is 284 cm³/mol. The quantitative estimate of drug-likeness (QED) is 0.0371. The molecule has 0 spiro atoms. The molecular weight excluding hydrogens is 913 g/mol. The monoisotopic (exact) mass is 993 g/mol. The Kier molecular flexibility index (Phi) is 21.3. The van der Waals surface area contributed by atoms with E-state index >= 15 is 0 Å². The predicted octanol–water partition coefficient (Wildman–Crippen LogP) is 9.77. The first kappa shape index (κ1) is 56.1. The Morgan fingerprint density at radius 3 is 2.06 bits per heavy atom. The summed E-state index contributed by atoms with van der Waals surface area (Å²) in [5, 5.41) is 7.20. The number of amides is 2. The van der Waals surface area contributed by atoms with E-state index in [9.17, 15) is 24.0 Å². The number of carbonyl (C=O) groups is 5. The van der Waals surface area contributed by atoms with Crippen molar-refractivity contribution < 1.29 is 33.1 Å². The molecule has 380 valence electrons. The molecule has 3 aromatic carbocycles. The number of Topliss-reactive ketones (excluding diaryl/α,β-unsaturated/α-hetero) is 2. The van der Waals surface area contributed by atoms with Crippen LogP contribution in [0.3, 0.4) is 0 Å². The molecule has 1 aliphatic rings. The van der Waals surface area contributed by atoms with Crippen LogP contribution in [-0.4, -0.2) is 97.3 Å². The first-order chi connectivity index (χ1) is 33.4. The number of nitrogens with one attached hydrogen (secondary N) is 1. The van der Waals surface area contributed by atoms with Crippen LogP contribution in [0.2, 0.25) is 5.04 Å². The summed E-state index contributed by atoms with van der Waals surface area (Å²) in [6, 6.07) is 29.1. The molecule has 1 saturated heterocycles. The molecule has 0 unspecified atom stereocenters. The van der Waals surface area contributed by atoms with E-state index in [4.69, 9.17) is 14.1 Å². The lowest BCUT2D eigenvalue weighted by Crippen LogP contribution is -2.66. The molecule has 1 aromatic heterocycles. The third-order valence-electron chi connectivity index (χ3n) is 14.2. The van der Waals surface area contributed by atoms with Gasteiger partial charge in [0.1, 0.15) is 10.7 Å². The summed E-state index contributed by atoms with van der Waals surface area (Å²) >= 11 is 1.21. The van der Waals surface area contributed by atoms with Gasteiger partial charge in [-0.05, 0) is 78.5 Å². The van der Waals surface area contributed by atoms with E-state index in [0.717, 1.165) is 37.8 Å². The summed E-state index contributed by atoms with van der Waals surface area (Å²) in [6.07, 6.45) is 4.91. The minimum Gasteiger partial charge on any atom is -0.455 e. The molecule has 1 aliphatic heterocycles. The van der Waals surface area contributed by atoms with E-state index in [1.807, 2.05) is 61.3 Å². The van der Waals surface area contributed by atoms with Crippen molar-refractivity contribution in [1.29, 1.82) is 0 Å². The van der Waals surface area contributed by atoms with Crippen LogP contribution in [0.25, 0.3) is 0 Å². The van der Waals surface area contributed by atoms with Crippen LogP contribution in [0, 0.1) is 17.8 Å². The number of rotatable bonds is 26. The van der Waals surface area contributed by atoms with Crippen molar-refractivity contribution in [3.63, 3.8) is 0 Å². The van der Waals surface area contributed by atoms with E-state index in [1.54, 1.807) is 5.38 Å². The molecule has 1 N–H and O–H groups in total. The highest BCUT2D eigenvalue weighted by Gasteiger charge is 2.50. The van der Waals surface area contributed by atoms with Crippen LogP contribution in [-0.2, 0) is 34.8 Å². The number of likely N-dealkylation sites (tertiary alicyclic amines) is 1. The number of ether oxygens (including phenoxy) is 1. The van der Waals surface area contributed by atoms with E-state index in [-0.39, 0.29) is 71.4 Å². The fraction of sp³-hybridized carbons (Fsp3) is 0.544. The van der Waals surface area contributed by atoms with Gasteiger partial charge in [0.05, 0.1) is 12.1 Å². The number of hydrogen-bond donors (Lipinski definition) is 1. The maximum absolute atomic E-state index is 14.8. The van der Waals surface area contributed by atoms with Crippen molar-refractivity contribution in [2.75, 3.05) is 26.7 Å². The van der Waals surface area contributed by atoms with Gasteiger partial charge >= 0.3 is 5.97 Å². The Bertz CT molecular complexity index is 2250. The van der Waals surface area contributed by atoms with Gasteiger partial charge in [0, 0.05) is 56.7 Å². The van der Waals surface area contributed by atoms with Crippen molar-refractivity contribution in [2.24, 2.45) is 17.8 Å². The molecular formula is C57H80N4O7SSi. The third kappa shape index (κ3) is 14.6. The topological polar surface area (TPSA) is 135 Å². The molecule has 4 aromatic rings. The molecule has 0 radical (unpaired) electrons. The number of hydrogen-bond acceptors (Lipinski definition) is 10. The average molecular weight is 993 g/mol. The van der Waals surface area contributed by atoms with Crippen LogP contribution in [0.5, 0.6) is 0 Å². The first-order valence-corrected chi connectivity index (χ1v) is 28.5. The van der Waals surface area contributed by atoms with Gasteiger partial charge in [-0.2, -0.15) is 0 Å². The molecule has 0 aliphatic carbocycles. The molecule has 13 heteroatoms. The summed E-state index contributed by atoms with van der Waals surface area (Å²) < 4.78 is 13.1. The summed E-state index contributed by atoms with van der Waals surface area (Å²) in [5.41, 5.74) is 1.02. The van der Waals surface area contributed by atoms with Gasteiger partial charge in [-0.25, -0.2) is 4.98 Å². The lowest BCUT2D eigenvalue weighted by Gasteiger charge is -2.43. The molecule has 6 atom stereocenters. The number of thiazole rings is 1. The molecule has 70 heavy (non-hydrogen) atoms. The average Bonchev–Trinajstić information content (AvgIpc) is 3.84. The van der Waals surface area contributed by atoms with Gasteiger partial charge in [0.15, 0.2) is 17.7 Å². The third-order valence-corrected chi connectivity index (χ3v) is 20.2. The van der Waals surface area contributed by atoms with E-state index in [2.05, 4.69) is 107 Å². The Morgan fingerprint density at radius 1 is 0.900 bits per heavy atom. The summed E-state index contributed by atoms with van der Waals surface area (Å²) in [4.78, 5) is 78.6. The minimum absolute atomic E-state index is 0.0124. The number of carbonyl (C=O) groups excluding carboxylic acids is 5. The number of nitrogens with zero attached hydrogens (tertiary/aromatic N) is 3. The summed E-state index contributed by atoms with van der Waals surface area (Å²) in [7, 11) is -0.808. The van der Waals surface area contributed by atoms with Gasteiger partial charge in [0.2, 0.25) is 5.91 Å². The van der Waals surface area contributed by atoms with Crippen LogP contribution < -0.4 is 15.7 Å². The molecule has 1 fully saturated rings. The van der Waals surface area contributed by atoms with Gasteiger partial charge in [0.25, 0.3) is 14.2 Å². The normalized spacial score (nSPS) is 16.7. The highest BCUT2D eigenvalue weighted by Crippen LogP contribution is 2.37. The minimum atomic E-state index is -2.81. The second kappa shape index (κ2) is 26.6. The summed E-state index contributed by atoms with van der Waals surface area (Å²) in [5.74, 6) is -1.58. The first-order valence-electron chi connectivity index (χ1n) is 25.7. The van der Waals surface area contributed by atoms with Crippen molar-refractivity contribution in [3.05, 3.63) is 113 Å². The van der Waals surface area contributed by atoms with Crippen molar-refractivity contribution in [2.45, 2.75) is 156 Å². The van der Waals surface area contributed by atoms with Crippen LogP contribution >= 0.6 is 11.3 Å². The lowest BCUT2D eigenvalue weighted by atomic mass is 9.82. The fourth-order valence-electron chi connectivity index (χ4n) is 10.2. The van der Waals surface area contributed by atoms with E-state index in [0.29, 0.717) is 37.4 Å². The fourth-order valence-corrected chi connectivity index (χ4v) is 15.6. The van der Waals surface area contributed by atoms with Crippen molar-refractivity contribution >= 4 is 59.4 Å². The Labute approximate surface area is 423 Å². The number of likely N-dealkylation sites (N-methyl/N-ethyl adjacent to an activating group) is 1. The maximum Gasteiger partial charge on any atom is 0.303 e. The Morgan fingerprint density at radius 2 is 1.51 bits per heavy atom. The van der Waals surface area contributed by atoms with Crippen LogP contribution in [0.1, 0.15) is 147 Å². The zero-order valence-corrected chi connectivity index (χ0v) is 45.4. The van der Waals surface area contributed by atoms with E-state index in [1.165, 1.54) is 28.6 Å². The van der Waals surface area contributed by atoms with Gasteiger partial charge < -0.3 is 19.4 Å². The zero-order chi connectivity index (χ0) is 51.0. The molecule has 0 saturated carbocycles. The highest BCUT2D eigenvalue weighted by atomic mass is 32.1. The number of ketones is 2. The molecule has 2 heterocycles. The highest BCUT2D eigenvalue weighted by molar-refractivity contribution is 7.09.